The van der Waals surface area contributed by atoms with Crippen LogP contribution in [-0.4, -0.2) is 17.4 Å². The molecular formula is C15H11F3O3. The number of carboxylic acids is 1. The normalized spacial score (nSPS) is 11.2. The third-order valence-corrected chi connectivity index (χ3v) is 2.97. The second-order valence-electron chi connectivity index (χ2n) is 4.33. The third kappa shape index (κ3) is 3.34. The van der Waals surface area contributed by atoms with Gasteiger partial charge in [0.05, 0.1) is 5.56 Å². The Bertz CT molecular complexity index is 678. The molecule has 0 aliphatic heterocycles. The number of ether oxygens (including phenoxy) is 1. The third-order valence-electron chi connectivity index (χ3n) is 2.97. The summed E-state index contributed by atoms with van der Waals surface area (Å²) in [6, 6.07) is 10.1. The minimum absolute atomic E-state index is 0.0364. The van der Waals surface area contributed by atoms with Crippen LogP contribution in [0.4, 0.5) is 13.2 Å². The zero-order valence-electron chi connectivity index (χ0n) is 10.9. The van der Waals surface area contributed by atoms with Gasteiger partial charge >= 0.3 is 12.3 Å². The summed E-state index contributed by atoms with van der Waals surface area (Å²) >= 11 is 0. The van der Waals surface area contributed by atoms with E-state index >= 15 is 0 Å². The van der Waals surface area contributed by atoms with Gasteiger partial charge < -0.3 is 9.84 Å². The van der Waals surface area contributed by atoms with E-state index in [4.69, 9.17) is 5.11 Å². The largest absolute Gasteiger partial charge is 0.573 e. The number of aromatic carboxylic acids is 1. The summed E-state index contributed by atoms with van der Waals surface area (Å²) in [5.41, 5.74) is 0.989. The maximum Gasteiger partial charge on any atom is 0.573 e. The topological polar surface area (TPSA) is 46.5 Å². The van der Waals surface area contributed by atoms with Crippen molar-refractivity contribution in [3.05, 3.63) is 53.6 Å². The molecule has 21 heavy (non-hydrogen) atoms. The quantitative estimate of drug-likeness (QED) is 0.920. The molecule has 0 radical (unpaired) electrons. The molecule has 0 bridgehead atoms. The van der Waals surface area contributed by atoms with Crippen LogP contribution >= 0.6 is 0 Å². The smallest absolute Gasteiger partial charge is 0.478 e. The van der Waals surface area contributed by atoms with Crippen LogP contribution < -0.4 is 4.74 Å². The highest BCUT2D eigenvalue weighted by molar-refractivity contribution is 5.92. The predicted octanol–water partition coefficient (Wildman–Crippen LogP) is 4.26. The Morgan fingerprint density at radius 2 is 1.67 bits per heavy atom. The molecule has 2 aromatic rings. The molecule has 1 N–H and O–H groups in total. The van der Waals surface area contributed by atoms with Gasteiger partial charge in [0.2, 0.25) is 0 Å². The van der Waals surface area contributed by atoms with Crippen LogP contribution in [0, 0.1) is 6.92 Å². The van der Waals surface area contributed by atoms with Crippen LogP contribution in [0.2, 0.25) is 0 Å². The number of hydrogen-bond donors (Lipinski definition) is 1. The van der Waals surface area contributed by atoms with E-state index < -0.39 is 12.3 Å². The average molecular weight is 296 g/mol. The molecule has 0 unspecified atom stereocenters. The van der Waals surface area contributed by atoms with Crippen molar-refractivity contribution < 1.29 is 27.8 Å². The van der Waals surface area contributed by atoms with E-state index in [0.29, 0.717) is 11.1 Å². The molecule has 0 heterocycles. The van der Waals surface area contributed by atoms with E-state index in [1.165, 1.54) is 30.3 Å². The first-order chi connectivity index (χ1) is 9.79. The van der Waals surface area contributed by atoms with Crippen molar-refractivity contribution in [1.29, 1.82) is 0 Å². The van der Waals surface area contributed by atoms with Gasteiger partial charge in [0.1, 0.15) is 5.75 Å². The summed E-state index contributed by atoms with van der Waals surface area (Å²) in [4.78, 5) is 11.1. The molecule has 0 saturated carbocycles. The van der Waals surface area contributed by atoms with Crippen molar-refractivity contribution in [3.8, 4) is 16.9 Å². The molecule has 0 aliphatic rings. The first-order valence-electron chi connectivity index (χ1n) is 5.97. The van der Waals surface area contributed by atoms with Gasteiger partial charge in [-0.05, 0) is 30.2 Å². The Kier molecular flexibility index (Phi) is 3.88. The van der Waals surface area contributed by atoms with Crippen molar-refractivity contribution in [2.45, 2.75) is 13.3 Å². The van der Waals surface area contributed by atoms with Gasteiger partial charge in [-0.15, -0.1) is 13.2 Å². The Morgan fingerprint density at radius 1 is 1.05 bits per heavy atom. The zero-order valence-corrected chi connectivity index (χ0v) is 10.9. The molecule has 2 rings (SSSR count). The first-order valence-corrected chi connectivity index (χ1v) is 5.97. The average Bonchev–Trinajstić information content (AvgIpc) is 2.38. The maximum absolute atomic E-state index is 12.4. The fourth-order valence-electron chi connectivity index (χ4n) is 2.06. The van der Waals surface area contributed by atoms with Crippen LogP contribution in [0.25, 0.3) is 11.1 Å². The van der Waals surface area contributed by atoms with Crippen LogP contribution in [0.1, 0.15) is 15.9 Å². The number of carboxylic acid groups (broad SMARTS) is 1. The summed E-state index contributed by atoms with van der Waals surface area (Å²) < 4.78 is 41.3. The van der Waals surface area contributed by atoms with Crippen LogP contribution in [0.5, 0.6) is 5.75 Å². The number of para-hydroxylation sites is 1. The van der Waals surface area contributed by atoms with Crippen molar-refractivity contribution in [1.82, 2.24) is 0 Å². The zero-order chi connectivity index (χ0) is 15.6. The highest BCUT2D eigenvalue weighted by Gasteiger charge is 2.32. The summed E-state index contributed by atoms with van der Waals surface area (Å²) in [7, 11) is 0. The van der Waals surface area contributed by atoms with Crippen molar-refractivity contribution in [3.63, 3.8) is 0 Å². The molecule has 0 aliphatic carbocycles. The Hall–Kier alpha value is -2.50. The van der Waals surface area contributed by atoms with E-state index in [9.17, 15) is 18.0 Å². The SMILES string of the molecule is Cc1c(C(=O)O)cccc1-c1ccccc1OC(F)(F)F. The van der Waals surface area contributed by atoms with E-state index in [2.05, 4.69) is 4.74 Å². The molecule has 0 saturated heterocycles. The fourth-order valence-corrected chi connectivity index (χ4v) is 2.06. The summed E-state index contributed by atoms with van der Waals surface area (Å²) in [6.45, 7) is 1.54. The van der Waals surface area contributed by atoms with E-state index in [1.807, 2.05) is 0 Å². The molecule has 6 heteroatoms. The lowest BCUT2D eigenvalue weighted by atomic mass is 9.96. The monoisotopic (exact) mass is 296 g/mol. The van der Waals surface area contributed by atoms with E-state index in [1.54, 1.807) is 19.1 Å². The lowest BCUT2D eigenvalue weighted by Gasteiger charge is -2.15. The standard InChI is InChI=1S/C15H11F3O3/c1-9-10(6-4-7-11(9)14(19)20)12-5-2-3-8-13(12)21-15(16,17)18/h2-8H,1H3,(H,19,20). The summed E-state index contributed by atoms with van der Waals surface area (Å²) in [5.74, 6) is -1.50. The molecule has 110 valence electrons. The van der Waals surface area contributed by atoms with Gasteiger partial charge in [-0.25, -0.2) is 4.79 Å². The lowest BCUT2D eigenvalue weighted by Crippen LogP contribution is -2.17. The molecule has 2 aromatic carbocycles. The molecule has 0 fully saturated rings. The van der Waals surface area contributed by atoms with Gasteiger partial charge in [0, 0.05) is 5.56 Å². The van der Waals surface area contributed by atoms with Gasteiger partial charge in [-0.2, -0.15) is 0 Å². The molecule has 0 atom stereocenters. The Morgan fingerprint density at radius 3 is 2.29 bits per heavy atom. The number of halogens is 3. The van der Waals surface area contributed by atoms with Crippen molar-refractivity contribution >= 4 is 5.97 Å². The second-order valence-corrected chi connectivity index (χ2v) is 4.33. The molecular weight excluding hydrogens is 285 g/mol. The van der Waals surface area contributed by atoms with E-state index in [-0.39, 0.29) is 16.9 Å². The number of alkyl halides is 3. The Labute approximate surface area is 118 Å². The van der Waals surface area contributed by atoms with Gasteiger partial charge in [-0.1, -0.05) is 30.3 Å². The summed E-state index contributed by atoms with van der Waals surface area (Å²) in [5, 5.41) is 9.08. The number of rotatable bonds is 3. The molecule has 0 amide bonds. The number of carbonyl (C=O) groups is 1. The van der Waals surface area contributed by atoms with Crippen LogP contribution in [0.15, 0.2) is 42.5 Å². The predicted molar refractivity (Wildman–Crippen MR) is 70.3 cm³/mol. The Balaban J connectivity index is 2.58. The number of hydrogen-bond acceptors (Lipinski definition) is 2. The minimum atomic E-state index is -4.81. The lowest BCUT2D eigenvalue weighted by molar-refractivity contribution is -0.274. The highest BCUT2D eigenvalue weighted by atomic mass is 19.4. The van der Waals surface area contributed by atoms with Crippen molar-refractivity contribution in [2.24, 2.45) is 0 Å². The highest BCUT2D eigenvalue weighted by Crippen LogP contribution is 2.36. The number of benzene rings is 2. The minimum Gasteiger partial charge on any atom is -0.478 e. The van der Waals surface area contributed by atoms with Crippen molar-refractivity contribution in [2.75, 3.05) is 0 Å². The van der Waals surface area contributed by atoms with Gasteiger partial charge in [0.15, 0.2) is 0 Å². The summed E-state index contributed by atoms with van der Waals surface area (Å²) in [6.07, 6.45) is -4.81. The van der Waals surface area contributed by atoms with E-state index in [0.717, 1.165) is 0 Å². The van der Waals surface area contributed by atoms with Crippen LogP contribution in [-0.2, 0) is 0 Å². The molecule has 0 aromatic heterocycles. The maximum atomic E-state index is 12.4. The fraction of sp³-hybridized carbons (Fsp3) is 0.133. The van der Waals surface area contributed by atoms with Crippen LogP contribution in [0.3, 0.4) is 0 Å². The first kappa shape index (κ1) is 14.9. The van der Waals surface area contributed by atoms with Gasteiger partial charge in [0.25, 0.3) is 0 Å². The molecule has 3 nitrogen and oxygen atoms in total. The molecule has 0 spiro atoms. The second kappa shape index (κ2) is 5.47. The van der Waals surface area contributed by atoms with Gasteiger partial charge in [-0.3, -0.25) is 0 Å².